The first-order valence-electron chi connectivity index (χ1n) is 12.7. The molecule has 178 valence electrons. The number of hydrogen-bond acceptors (Lipinski definition) is 5. The Kier molecular flexibility index (Phi) is 4.49. The molecule has 1 saturated heterocycles. The molecule has 2 aromatic heterocycles. The van der Waals surface area contributed by atoms with Crippen molar-refractivity contribution in [3.63, 3.8) is 0 Å². The molecule has 3 aliphatic rings. The summed E-state index contributed by atoms with van der Waals surface area (Å²) in [6.07, 6.45) is 5.98. The topological polar surface area (TPSA) is 104 Å². The van der Waals surface area contributed by atoms with Gasteiger partial charge in [0.2, 0.25) is 5.95 Å². The molecule has 1 atom stereocenters. The maximum Gasteiger partial charge on any atom is 0.263 e. The number of piperidine rings is 1. The molecule has 1 saturated carbocycles. The van der Waals surface area contributed by atoms with Crippen molar-refractivity contribution in [2.24, 2.45) is 11.1 Å². The number of benzene rings is 2. The fraction of sp³-hybridized carbons (Fsp3) is 0.393. The minimum absolute atomic E-state index is 0.0685. The van der Waals surface area contributed by atoms with E-state index in [4.69, 9.17) is 10.7 Å². The Morgan fingerprint density at radius 1 is 1.00 bits per heavy atom. The van der Waals surface area contributed by atoms with E-state index in [1.54, 1.807) is 0 Å². The molecule has 1 aliphatic heterocycles. The fourth-order valence-corrected chi connectivity index (χ4v) is 6.56. The van der Waals surface area contributed by atoms with Gasteiger partial charge in [-0.1, -0.05) is 54.6 Å². The van der Waals surface area contributed by atoms with Crippen LogP contribution in [0.1, 0.15) is 54.1 Å². The number of nitrogens with zero attached hydrogens (tertiary/aromatic N) is 3. The minimum atomic E-state index is -0.0988. The summed E-state index contributed by atoms with van der Waals surface area (Å²) in [6, 6.07) is 19.1. The lowest BCUT2D eigenvalue weighted by atomic mass is 9.73. The Morgan fingerprint density at radius 3 is 2.49 bits per heavy atom. The van der Waals surface area contributed by atoms with Crippen molar-refractivity contribution in [1.82, 2.24) is 20.2 Å². The molecule has 0 radical (unpaired) electrons. The van der Waals surface area contributed by atoms with Gasteiger partial charge in [0.05, 0.1) is 5.69 Å². The molecule has 7 nitrogen and oxygen atoms in total. The summed E-state index contributed by atoms with van der Waals surface area (Å²) in [5.74, 6) is 0.629. The van der Waals surface area contributed by atoms with Gasteiger partial charge in [-0.25, -0.2) is 0 Å². The summed E-state index contributed by atoms with van der Waals surface area (Å²) in [5, 5.41) is 8.32. The average Bonchev–Trinajstić information content (AvgIpc) is 3.42. The summed E-state index contributed by atoms with van der Waals surface area (Å²) in [4.78, 5) is 23.4. The van der Waals surface area contributed by atoms with Crippen LogP contribution in [0.25, 0.3) is 11.0 Å². The van der Waals surface area contributed by atoms with Crippen molar-refractivity contribution in [3.05, 3.63) is 87.3 Å². The molecule has 4 aromatic rings. The highest BCUT2D eigenvalue weighted by Gasteiger charge is 2.48. The van der Waals surface area contributed by atoms with Crippen molar-refractivity contribution < 1.29 is 0 Å². The summed E-state index contributed by atoms with van der Waals surface area (Å²) in [6.45, 7) is 1.66. The highest BCUT2D eigenvalue weighted by molar-refractivity contribution is 5.79. The Morgan fingerprint density at radius 2 is 1.74 bits per heavy atom. The van der Waals surface area contributed by atoms with Crippen molar-refractivity contribution in [2.45, 2.75) is 50.0 Å². The molecule has 0 bridgehead atoms. The average molecular weight is 467 g/mol. The molecule has 0 unspecified atom stereocenters. The third-order valence-corrected chi connectivity index (χ3v) is 8.81. The summed E-state index contributed by atoms with van der Waals surface area (Å²) >= 11 is 0. The van der Waals surface area contributed by atoms with Gasteiger partial charge in [-0.2, -0.15) is 10.1 Å². The van der Waals surface area contributed by atoms with Crippen LogP contribution in [0.4, 0.5) is 5.95 Å². The van der Waals surface area contributed by atoms with Crippen molar-refractivity contribution in [1.29, 1.82) is 0 Å². The van der Waals surface area contributed by atoms with E-state index in [0.29, 0.717) is 17.0 Å². The molecule has 3 heterocycles. The van der Waals surface area contributed by atoms with Gasteiger partial charge < -0.3 is 10.6 Å². The van der Waals surface area contributed by atoms with Gasteiger partial charge in [0.15, 0.2) is 5.65 Å². The molecular weight excluding hydrogens is 436 g/mol. The number of rotatable bonds is 4. The van der Waals surface area contributed by atoms with E-state index in [-0.39, 0.29) is 22.4 Å². The first-order chi connectivity index (χ1) is 17.1. The van der Waals surface area contributed by atoms with Crippen LogP contribution in [0.15, 0.2) is 59.4 Å². The van der Waals surface area contributed by atoms with Crippen LogP contribution < -0.4 is 16.2 Å². The summed E-state index contributed by atoms with van der Waals surface area (Å²) < 4.78 is 0. The molecule has 4 N–H and O–H groups in total. The number of aromatic nitrogens is 4. The Labute approximate surface area is 203 Å². The van der Waals surface area contributed by atoms with Gasteiger partial charge in [0, 0.05) is 24.5 Å². The first-order valence-corrected chi connectivity index (χ1v) is 12.7. The summed E-state index contributed by atoms with van der Waals surface area (Å²) in [7, 11) is 0. The fourth-order valence-electron chi connectivity index (χ4n) is 6.56. The van der Waals surface area contributed by atoms with E-state index >= 15 is 0 Å². The third kappa shape index (κ3) is 3.25. The molecule has 7 rings (SSSR count). The quantitative estimate of drug-likeness (QED) is 0.425. The number of H-pyrrole nitrogens is 2. The standard InChI is InChI=1S/C28H30N6O/c29-22-20-9-5-4-8-19(20)17-27(22)12-14-34(15-13-27)26-30-24-21(25(35)31-26)23(32-33-24)28(10-11-28)16-18-6-2-1-3-7-18/h1-9,22H,10-17,29H2,(H2,30,31,32,33,35)/t22-/m1/s1. The number of fused-ring (bicyclic) bond motifs is 2. The second-order valence-electron chi connectivity index (χ2n) is 10.8. The number of aromatic amines is 2. The number of nitrogens with two attached hydrogens (primary N) is 1. The SMILES string of the molecule is N[C@@H]1c2ccccc2CC12CCN(c1nc3[nH]nc(C4(Cc5ccccc5)CC4)c3c(=O)[nH]1)CC2. The van der Waals surface area contributed by atoms with Crippen LogP contribution in [0.5, 0.6) is 0 Å². The van der Waals surface area contributed by atoms with Crippen LogP contribution in [0.2, 0.25) is 0 Å². The van der Waals surface area contributed by atoms with Crippen molar-refractivity contribution in [3.8, 4) is 0 Å². The van der Waals surface area contributed by atoms with E-state index in [0.717, 1.165) is 57.3 Å². The lowest BCUT2D eigenvalue weighted by Crippen LogP contribution is -2.45. The zero-order chi connectivity index (χ0) is 23.6. The smallest absolute Gasteiger partial charge is 0.263 e. The predicted molar refractivity (Wildman–Crippen MR) is 137 cm³/mol. The molecule has 2 aliphatic carbocycles. The highest BCUT2D eigenvalue weighted by Crippen LogP contribution is 2.52. The molecular formula is C28H30N6O. The van der Waals surface area contributed by atoms with Crippen LogP contribution in [0.3, 0.4) is 0 Å². The predicted octanol–water partition coefficient (Wildman–Crippen LogP) is 3.76. The Hall–Kier alpha value is -3.45. The maximum atomic E-state index is 13.3. The molecule has 2 aromatic carbocycles. The van der Waals surface area contributed by atoms with Gasteiger partial charge in [-0.15, -0.1) is 0 Å². The monoisotopic (exact) mass is 466 g/mol. The third-order valence-electron chi connectivity index (χ3n) is 8.81. The highest BCUT2D eigenvalue weighted by atomic mass is 16.1. The van der Waals surface area contributed by atoms with Gasteiger partial charge >= 0.3 is 0 Å². The lowest BCUT2D eigenvalue weighted by molar-refractivity contribution is 0.187. The number of hydrogen-bond donors (Lipinski definition) is 3. The van der Waals surface area contributed by atoms with Gasteiger partial charge in [0.1, 0.15) is 5.39 Å². The van der Waals surface area contributed by atoms with Crippen LogP contribution in [0, 0.1) is 5.41 Å². The van der Waals surface area contributed by atoms with Crippen molar-refractivity contribution >= 4 is 17.0 Å². The lowest BCUT2D eigenvalue weighted by Gasteiger charge is -2.42. The Bertz CT molecular complexity index is 1460. The number of anilines is 1. The molecule has 1 spiro atoms. The summed E-state index contributed by atoms with van der Waals surface area (Å²) in [5.41, 5.74) is 12.1. The van der Waals surface area contributed by atoms with Gasteiger partial charge in [-0.3, -0.25) is 14.9 Å². The number of nitrogens with one attached hydrogen (secondary N) is 2. The van der Waals surface area contributed by atoms with E-state index in [2.05, 4.69) is 68.6 Å². The van der Waals surface area contributed by atoms with E-state index in [1.165, 1.54) is 16.7 Å². The molecule has 7 heteroatoms. The van der Waals surface area contributed by atoms with Gasteiger partial charge in [0.25, 0.3) is 5.56 Å². The zero-order valence-corrected chi connectivity index (χ0v) is 19.8. The van der Waals surface area contributed by atoms with E-state index < -0.39 is 0 Å². The van der Waals surface area contributed by atoms with Gasteiger partial charge in [-0.05, 0) is 60.6 Å². The molecule has 35 heavy (non-hydrogen) atoms. The van der Waals surface area contributed by atoms with E-state index in [1.807, 2.05) is 6.07 Å². The normalized spacial score (nSPS) is 22.0. The molecule has 2 fully saturated rings. The molecule has 0 amide bonds. The van der Waals surface area contributed by atoms with E-state index in [9.17, 15) is 4.79 Å². The maximum absolute atomic E-state index is 13.3. The Balaban J connectivity index is 1.14. The minimum Gasteiger partial charge on any atom is -0.342 e. The van der Waals surface area contributed by atoms with Crippen LogP contribution in [-0.4, -0.2) is 33.3 Å². The van der Waals surface area contributed by atoms with Crippen LogP contribution >= 0.6 is 0 Å². The second kappa shape index (κ2) is 7.52. The van der Waals surface area contributed by atoms with Crippen molar-refractivity contribution in [2.75, 3.05) is 18.0 Å². The largest absolute Gasteiger partial charge is 0.342 e. The zero-order valence-electron chi connectivity index (χ0n) is 19.8. The van der Waals surface area contributed by atoms with Crippen LogP contribution in [-0.2, 0) is 18.3 Å². The first kappa shape index (κ1) is 20.9. The second-order valence-corrected chi connectivity index (χ2v) is 10.8.